The lowest BCUT2D eigenvalue weighted by molar-refractivity contribution is -0.196. The average molecular weight is 535 g/mol. The summed E-state index contributed by atoms with van der Waals surface area (Å²) in [4.78, 5) is 32.0. The Morgan fingerprint density at radius 3 is 2.46 bits per heavy atom. The van der Waals surface area contributed by atoms with Crippen molar-refractivity contribution in [1.82, 2.24) is 28.8 Å². The molecule has 200 valence electrons. The Morgan fingerprint density at radius 1 is 0.974 bits per heavy atom. The number of rotatable bonds is 4. The molecule has 1 fully saturated rings. The molecular formula is C28H25F3N6O2. The van der Waals surface area contributed by atoms with Gasteiger partial charge in [0.2, 0.25) is 5.91 Å². The highest BCUT2D eigenvalue weighted by Gasteiger charge is 2.46. The first-order valence-electron chi connectivity index (χ1n) is 12.7. The lowest BCUT2D eigenvalue weighted by Crippen LogP contribution is -2.52. The van der Waals surface area contributed by atoms with E-state index in [4.69, 9.17) is 0 Å². The topological polar surface area (TPSA) is 78.0 Å². The van der Waals surface area contributed by atoms with Gasteiger partial charge in [0.15, 0.2) is 0 Å². The molecule has 0 saturated carbocycles. The highest BCUT2D eigenvalue weighted by Crippen LogP contribution is 2.32. The van der Waals surface area contributed by atoms with Gasteiger partial charge in [-0.3, -0.25) is 23.6 Å². The van der Waals surface area contributed by atoms with E-state index in [1.807, 2.05) is 19.2 Å². The highest BCUT2D eigenvalue weighted by molar-refractivity contribution is 5.93. The van der Waals surface area contributed by atoms with Crippen molar-refractivity contribution in [3.8, 4) is 16.8 Å². The molecule has 4 heterocycles. The summed E-state index contributed by atoms with van der Waals surface area (Å²) in [6.07, 6.45) is 1.57. The van der Waals surface area contributed by atoms with Crippen molar-refractivity contribution in [2.45, 2.75) is 38.0 Å². The molecule has 0 radical (unpaired) electrons. The first-order chi connectivity index (χ1) is 18.7. The maximum Gasteiger partial charge on any atom is 0.408 e. The number of alkyl halides is 3. The molecule has 1 aliphatic rings. The number of benzene rings is 2. The fourth-order valence-electron chi connectivity index (χ4n) is 5.49. The Bertz CT molecular complexity index is 1750. The molecule has 8 nitrogen and oxygen atoms in total. The smallest absolute Gasteiger partial charge is 0.329 e. The molecule has 1 atom stereocenters. The van der Waals surface area contributed by atoms with E-state index in [2.05, 4.69) is 10.1 Å². The van der Waals surface area contributed by atoms with Crippen LogP contribution in [0.5, 0.6) is 0 Å². The van der Waals surface area contributed by atoms with Crippen LogP contribution >= 0.6 is 0 Å². The van der Waals surface area contributed by atoms with Crippen LogP contribution in [0.1, 0.15) is 19.3 Å². The Morgan fingerprint density at radius 2 is 1.72 bits per heavy atom. The van der Waals surface area contributed by atoms with Gasteiger partial charge in [-0.2, -0.15) is 18.3 Å². The zero-order valence-electron chi connectivity index (χ0n) is 21.1. The van der Waals surface area contributed by atoms with Gasteiger partial charge in [-0.25, -0.2) is 4.79 Å². The van der Waals surface area contributed by atoms with Gasteiger partial charge in [0.05, 0.1) is 34.6 Å². The SMILES string of the molecule is Cn1ncc2c(-c3ccc(-n4c(=O)n(CC(=O)N5CCCCC5C(F)(F)F)c5ccccc54)cc3)cncc21. The van der Waals surface area contributed by atoms with Crippen molar-refractivity contribution < 1.29 is 18.0 Å². The maximum absolute atomic E-state index is 13.6. The van der Waals surface area contributed by atoms with Gasteiger partial charge in [0.25, 0.3) is 0 Å². The predicted octanol–water partition coefficient (Wildman–Crippen LogP) is 4.68. The van der Waals surface area contributed by atoms with Crippen LogP contribution in [0.2, 0.25) is 0 Å². The van der Waals surface area contributed by atoms with E-state index in [1.165, 1.54) is 9.13 Å². The van der Waals surface area contributed by atoms with Crippen LogP contribution in [0, 0.1) is 0 Å². The molecular weight excluding hydrogens is 509 g/mol. The molecule has 1 unspecified atom stereocenters. The van der Waals surface area contributed by atoms with Gasteiger partial charge in [-0.05, 0) is 49.1 Å². The lowest BCUT2D eigenvalue weighted by Gasteiger charge is -2.36. The standard InChI is InChI=1S/C28H25F3N6O2/c1-34-24-16-32-14-20(21(24)15-33-34)18-9-11-19(12-10-18)37-23-7-3-2-6-22(23)36(27(37)39)17-26(38)35-13-5-4-8-25(35)28(29,30)31/h2-3,6-7,9-12,14-16,25H,4-5,8,13,17H2,1H3. The van der Waals surface area contributed by atoms with Crippen LogP contribution in [0.15, 0.2) is 71.9 Å². The molecule has 0 spiro atoms. The summed E-state index contributed by atoms with van der Waals surface area (Å²) in [5.74, 6) is -0.713. The number of imidazole rings is 1. The van der Waals surface area contributed by atoms with Crippen molar-refractivity contribution in [3.05, 3.63) is 77.6 Å². The van der Waals surface area contributed by atoms with Crippen LogP contribution in [0.3, 0.4) is 0 Å². The van der Waals surface area contributed by atoms with E-state index in [-0.39, 0.29) is 13.0 Å². The van der Waals surface area contributed by atoms with Gasteiger partial charge in [0, 0.05) is 30.7 Å². The van der Waals surface area contributed by atoms with Crippen LogP contribution in [-0.2, 0) is 18.4 Å². The van der Waals surface area contributed by atoms with Crippen molar-refractivity contribution in [2.24, 2.45) is 7.05 Å². The molecule has 1 amide bonds. The molecule has 3 aromatic heterocycles. The molecule has 6 rings (SSSR count). The third-order valence-corrected chi connectivity index (χ3v) is 7.44. The van der Waals surface area contributed by atoms with E-state index in [0.717, 1.165) is 26.9 Å². The number of halogens is 3. The minimum Gasteiger partial charge on any atom is -0.329 e. The number of piperidine rings is 1. The Labute approximate surface area is 220 Å². The summed E-state index contributed by atoms with van der Waals surface area (Å²) in [7, 11) is 1.85. The summed E-state index contributed by atoms with van der Waals surface area (Å²) in [6, 6.07) is 12.5. The Hall–Kier alpha value is -4.41. The van der Waals surface area contributed by atoms with Crippen LogP contribution in [0.25, 0.3) is 38.8 Å². The fraction of sp³-hybridized carbons (Fsp3) is 0.286. The van der Waals surface area contributed by atoms with Crippen LogP contribution in [-0.4, -0.2) is 53.5 Å². The van der Waals surface area contributed by atoms with Crippen LogP contribution < -0.4 is 5.69 Å². The Kier molecular flexibility index (Phi) is 6.00. The van der Waals surface area contributed by atoms with Gasteiger partial charge in [-0.15, -0.1) is 0 Å². The summed E-state index contributed by atoms with van der Waals surface area (Å²) in [5, 5.41) is 5.25. The van der Waals surface area contributed by atoms with Crippen LogP contribution in [0.4, 0.5) is 13.2 Å². The normalized spacial score (nSPS) is 16.3. The van der Waals surface area contributed by atoms with Gasteiger partial charge in [0.1, 0.15) is 12.6 Å². The number of hydrogen-bond acceptors (Lipinski definition) is 4. The number of para-hydroxylation sites is 2. The van der Waals surface area contributed by atoms with E-state index in [0.29, 0.717) is 29.6 Å². The van der Waals surface area contributed by atoms with Gasteiger partial charge >= 0.3 is 11.9 Å². The van der Waals surface area contributed by atoms with E-state index >= 15 is 0 Å². The molecule has 11 heteroatoms. The second-order valence-corrected chi connectivity index (χ2v) is 9.77. The van der Waals surface area contributed by atoms with Gasteiger partial charge < -0.3 is 4.90 Å². The number of fused-ring (bicyclic) bond motifs is 2. The molecule has 0 bridgehead atoms. The number of aryl methyl sites for hydroxylation is 1. The highest BCUT2D eigenvalue weighted by atomic mass is 19.4. The summed E-state index contributed by atoms with van der Waals surface area (Å²) < 4.78 is 45.3. The largest absolute Gasteiger partial charge is 0.408 e. The lowest BCUT2D eigenvalue weighted by atomic mass is 10.0. The molecule has 0 N–H and O–H groups in total. The summed E-state index contributed by atoms with van der Waals surface area (Å²) >= 11 is 0. The van der Waals surface area contributed by atoms with Crippen molar-refractivity contribution in [1.29, 1.82) is 0 Å². The number of amides is 1. The number of carbonyl (C=O) groups is 1. The molecule has 5 aromatic rings. The molecule has 2 aromatic carbocycles. The van der Waals surface area contributed by atoms with E-state index in [9.17, 15) is 22.8 Å². The quantitative estimate of drug-likeness (QED) is 0.335. The molecule has 1 aliphatic heterocycles. The first kappa shape index (κ1) is 24.9. The zero-order valence-corrected chi connectivity index (χ0v) is 21.1. The number of pyridine rings is 1. The third-order valence-electron chi connectivity index (χ3n) is 7.44. The summed E-state index contributed by atoms with van der Waals surface area (Å²) in [6.45, 7) is -0.442. The van der Waals surface area contributed by atoms with Crippen molar-refractivity contribution in [3.63, 3.8) is 0 Å². The minimum atomic E-state index is -4.51. The first-order valence-corrected chi connectivity index (χ1v) is 12.7. The van der Waals surface area contributed by atoms with E-state index in [1.54, 1.807) is 59.7 Å². The van der Waals surface area contributed by atoms with Crippen molar-refractivity contribution in [2.75, 3.05) is 6.54 Å². The number of hydrogen-bond donors (Lipinski definition) is 0. The monoisotopic (exact) mass is 534 g/mol. The molecule has 0 aliphatic carbocycles. The Balaban J connectivity index is 1.37. The predicted molar refractivity (Wildman–Crippen MR) is 140 cm³/mol. The maximum atomic E-state index is 13.6. The second-order valence-electron chi connectivity index (χ2n) is 9.77. The number of likely N-dealkylation sites (tertiary alicyclic amines) is 1. The number of nitrogens with zero attached hydrogens (tertiary/aromatic N) is 6. The number of aromatic nitrogens is 5. The summed E-state index contributed by atoms with van der Waals surface area (Å²) in [5.41, 5.74) is 3.79. The second kappa shape index (κ2) is 9.40. The fourth-order valence-corrected chi connectivity index (χ4v) is 5.49. The third kappa shape index (κ3) is 4.27. The van der Waals surface area contributed by atoms with Crippen molar-refractivity contribution >= 4 is 27.8 Å². The molecule has 39 heavy (non-hydrogen) atoms. The van der Waals surface area contributed by atoms with E-state index < -0.39 is 30.4 Å². The average Bonchev–Trinajstić information content (AvgIpc) is 3.45. The minimum absolute atomic E-state index is 0.0242. The zero-order chi connectivity index (χ0) is 27.3. The number of carbonyl (C=O) groups excluding carboxylic acids is 1. The molecule has 1 saturated heterocycles. The van der Waals surface area contributed by atoms with Gasteiger partial charge in [-0.1, -0.05) is 24.3 Å².